The molecule has 0 saturated carbocycles. The second kappa shape index (κ2) is 3.80. The number of alkyl halides is 1. The average molecular weight is 208 g/mol. The molecule has 2 aromatic rings. The molecule has 0 aliphatic heterocycles. The van der Waals surface area contributed by atoms with Crippen molar-refractivity contribution in [2.75, 3.05) is 0 Å². The summed E-state index contributed by atoms with van der Waals surface area (Å²) < 4.78 is 1.74. The van der Waals surface area contributed by atoms with Gasteiger partial charge in [-0.1, -0.05) is 6.07 Å². The van der Waals surface area contributed by atoms with E-state index in [1.165, 1.54) is 0 Å². The van der Waals surface area contributed by atoms with Crippen molar-refractivity contribution in [2.45, 2.75) is 12.8 Å². The first-order chi connectivity index (χ1) is 6.79. The van der Waals surface area contributed by atoms with Crippen molar-refractivity contribution in [2.24, 2.45) is 0 Å². The minimum absolute atomic E-state index is 0.425. The zero-order valence-corrected chi connectivity index (χ0v) is 8.57. The Balaban J connectivity index is 2.41. The van der Waals surface area contributed by atoms with E-state index in [1.54, 1.807) is 10.9 Å². The zero-order chi connectivity index (χ0) is 9.97. The van der Waals surface area contributed by atoms with Gasteiger partial charge < -0.3 is 0 Å². The maximum absolute atomic E-state index is 5.70. The lowest BCUT2D eigenvalue weighted by molar-refractivity contribution is 0.839. The molecule has 72 valence electrons. The predicted octanol–water partition coefficient (Wildman–Crippen LogP) is 2.31. The first-order valence-corrected chi connectivity index (χ1v) is 4.86. The first-order valence-electron chi connectivity index (χ1n) is 4.33. The largest absolute Gasteiger partial charge is 0.232 e. The summed E-state index contributed by atoms with van der Waals surface area (Å²) in [5.74, 6) is 1.23. The second-order valence-electron chi connectivity index (χ2n) is 3.08. The van der Waals surface area contributed by atoms with Crippen molar-refractivity contribution in [3.8, 4) is 5.82 Å². The summed E-state index contributed by atoms with van der Waals surface area (Å²) in [5.41, 5.74) is 1.97. The molecule has 0 atom stereocenters. The van der Waals surface area contributed by atoms with Crippen LogP contribution in [0.3, 0.4) is 0 Å². The first kappa shape index (κ1) is 9.21. The molecule has 0 N–H and O–H groups in total. The summed E-state index contributed by atoms with van der Waals surface area (Å²) >= 11 is 5.70. The smallest absolute Gasteiger partial charge is 0.153 e. The van der Waals surface area contributed by atoms with Crippen LogP contribution >= 0.6 is 11.6 Å². The molecule has 3 nitrogen and oxygen atoms in total. The fraction of sp³-hybridized carbons (Fsp3) is 0.200. The molecule has 2 heterocycles. The van der Waals surface area contributed by atoms with Gasteiger partial charge in [0.15, 0.2) is 5.82 Å². The molecule has 2 rings (SSSR count). The van der Waals surface area contributed by atoms with Gasteiger partial charge in [-0.15, -0.1) is 11.6 Å². The van der Waals surface area contributed by atoms with E-state index >= 15 is 0 Å². The van der Waals surface area contributed by atoms with Crippen molar-refractivity contribution < 1.29 is 0 Å². The third-order valence-corrected chi connectivity index (χ3v) is 2.15. The Labute approximate surface area is 87.3 Å². The highest BCUT2D eigenvalue weighted by molar-refractivity contribution is 6.16. The number of hydrogen-bond donors (Lipinski definition) is 0. The maximum Gasteiger partial charge on any atom is 0.153 e. The fourth-order valence-electron chi connectivity index (χ4n) is 1.21. The molecule has 0 amide bonds. The standard InChI is InChI=1S/C10H10ClN3/c1-8-6-12-14(7-8)10-4-2-3-9(5-11)13-10/h2-4,6-7H,5H2,1H3. The highest BCUT2D eigenvalue weighted by Gasteiger charge is 2.00. The zero-order valence-electron chi connectivity index (χ0n) is 7.81. The summed E-state index contributed by atoms with van der Waals surface area (Å²) in [5, 5.41) is 4.17. The highest BCUT2D eigenvalue weighted by atomic mass is 35.5. The van der Waals surface area contributed by atoms with E-state index in [1.807, 2.05) is 31.3 Å². The van der Waals surface area contributed by atoms with E-state index in [0.717, 1.165) is 17.1 Å². The van der Waals surface area contributed by atoms with Gasteiger partial charge in [0.1, 0.15) is 0 Å². The lowest BCUT2D eigenvalue weighted by Crippen LogP contribution is -1.99. The van der Waals surface area contributed by atoms with Gasteiger partial charge in [-0.2, -0.15) is 5.10 Å². The molecule has 0 spiro atoms. The van der Waals surface area contributed by atoms with Crippen molar-refractivity contribution in [3.63, 3.8) is 0 Å². The van der Waals surface area contributed by atoms with E-state index in [0.29, 0.717) is 5.88 Å². The minimum atomic E-state index is 0.425. The van der Waals surface area contributed by atoms with Gasteiger partial charge >= 0.3 is 0 Å². The Hall–Kier alpha value is -1.35. The van der Waals surface area contributed by atoms with E-state index in [-0.39, 0.29) is 0 Å². The Kier molecular flexibility index (Phi) is 2.50. The molecule has 0 unspecified atom stereocenters. The summed E-state index contributed by atoms with van der Waals surface area (Å²) in [6.07, 6.45) is 3.73. The minimum Gasteiger partial charge on any atom is -0.232 e. The Bertz CT molecular complexity index is 436. The summed E-state index contributed by atoms with van der Waals surface area (Å²) in [6.45, 7) is 1.99. The number of pyridine rings is 1. The monoisotopic (exact) mass is 207 g/mol. The number of aromatic nitrogens is 3. The topological polar surface area (TPSA) is 30.7 Å². The molecule has 0 bridgehead atoms. The molecular formula is C10H10ClN3. The maximum atomic E-state index is 5.70. The third-order valence-electron chi connectivity index (χ3n) is 1.88. The number of nitrogens with zero attached hydrogens (tertiary/aromatic N) is 3. The van der Waals surface area contributed by atoms with Crippen LogP contribution in [0.5, 0.6) is 0 Å². The molecule has 0 radical (unpaired) electrons. The highest BCUT2D eigenvalue weighted by Crippen LogP contribution is 2.07. The molecule has 0 saturated heterocycles. The molecular weight excluding hydrogens is 198 g/mol. The SMILES string of the molecule is Cc1cnn(-c2cccc(CCl)n2)c1. The van der Waals surface area contributed by atoms with Crippen LogP contribution in [0, 0.1) is 6.92 Å². The van der Waals surface area contributed by atoms with E-state index < -0.39 is 0 Å². The molecule has 4 heteroatoms. The number of rotatable bonds is 2. The second-order valence-corrected chi connectivity index (χ2v) is 3.35. The molecule has 2 aromatic heterocycles. The Morgan fingerprint density at radius 3 is 2.93 bits per heavy atom. The Morgan fingerprint density at radius 1 is 1.43 bits per heavy atom. The predicted molar refractivity (Wildman–Crippen MR) is 55.7 cm³/mol. The number of aryl methyl sites for hydroxylation is 1. The van der Waals surface area contributed by atoms with Gasteiger partial charge in [0.05, 0.1) is 17.8 Å². The number of hydrogen-bond acceptors (Lipinski definition) is 2. The van der Waals surface area contributed by atoms with Gasteiger partial charge in [-0.05, 0) is 24.6 Å². The van der Waals surface area contributed by atoms with Crippen molar-refractivity contribution in [3.05, 3.63) is 41.9 Å². The van der Waals surface area contributed by atoms with Crippen LogP contribution in [-0.2, 0) is 5.88 Å². The third kappa shape index (κ3) is 1.77. The van der Waals surface area contributed by atoms with Crippen molar-refractivity contribution >= 4 is 11.6 Å². The lowest BCUT2D eigenvalue weighted by atomic mass is 10.4. The van der Waals surface area contributed by atoms with Crippen LogP contribution in [-0.4, -0.2) is 14.8 Å². The van der Waals surface area contributed by atoms with Crippen LogP contribution in [0.15, 0.2) is 30.6 Å². The van der Waals surface area contributed by atoms with Crippen LogP contribution in [0.4, 0.5) is 0 Å². The lowest BCUT2D eigenvalue weighted by Gasteiger charge is -2.01. The van der Waals surface area contributed by atoms with Crippen molar-refractivity contribution in [1.29, 1.82) is 0 Å². The Morgan fingerprint density at radius 2 is 2.29 bits per heavy atom. The average Bonchev–Trinajstić information content (AvgIpc) is 2.65. The van der Waals surface area contributed by atoms with Crippen LogP contribution < -0.4 is 0 Å². The van der Waals surface area contributed by atoms with Gasteiger partial charge in [0, 0.05) is 6.20 Å². The van der Waals surface area contributed by atoms with Crippen LogP contribution in [0.25, 0.3) is 5.82 Å². The molecule has 0 fully saturated rings. The van der Waals surface area contributed by atoms with E-state index in [4.69, 9.17) is 11.6 Å². The van der Waals surface area contributed by atoms with Crippen LogP contribution in [0.2, 0.25) is 0 Å². The van der Waals surface area contributed by atoms with E-state index in [2.05, 4.69) is 10.1 Å². The molecule has 0 aliphatic rings. The summed E-state index contributed by atoms with van der Waals surface area (Å²) in [6, 6.07) is 5.73. The normalized spacial score (nSPS) is 10.4. The van der Waals surface area contributed by atoms with Crippen molar-refractivity contribution in [1.82, 2.24) is 14.8 Å². The molecule has 0 aliphatic carbocycles. The van der Waals surface area contributed by atoms with Crippen LogP contribution in [0.1, 0.15) is 11.3 Å². The summed E-state index contributed by atoms with van der Waals surface area (Å²) in [4.78, 5) is 4.34. The fourth-order valence-corrected chi connectivity index (χ4v) is 1.36. The molecule has 14 heavy (non-hydrogen) atoms. The van der Waals surface area contributed by atoms with E-state index in [9.17, 15) is 0 Å². The quantitative estimate of drug-likeness (QED) is 0.708. The number of halogens is 1. The van der Waals surface area contributed by atoms with Gasteiger partial charge in [-0.25, -0.2) is 9.67 Å². The van der Waals surface area contributed by atoms with Gasteiger partial charge in [-0.3, -0.25) is 0 Å². The summed E-state index contributed by atoms with van der Waals surface area (Å²) in [7, 11) is 0. The van der Waals surface area contributed by atoms with Gasteiger partial charge in [0.2, 0.25) is 0 Å². The molecule has 0 aromatic carbocycles. The van der Waals surface area contributed by atoms with Gasteiger partial charge in [0.25, 0.3) is 0 Å².